The number of ether oxygens (including phenoxy) is 1. The zero-order valence-corrected chi connectivity index (χ0v) is 11.7. The number of hydrogen-bond acceptors (Lipinski definition) is 4. The molecule has 1 amide bonds. The fourth-order valence-corrected chi connectivity index (χ4v) is 1.96. The van der Waals surface area contributed by atoms with E-state index in [0.29, 0.717) is 11.2 Å². The van der Waals surface area contributed by atoms with Crippen molar-refractivity contribution in [2.75, 3.05) is 13.7 Å². The highest BCUT2D eigenvalue weighted by atomic mass is 16.5. The second-order valence-corrected chi connectivity index (χ2v) is 4.48. The second kappa shape index (κ2) is 5.72. The Kier molecular flexibility index (Phi) is 4.01. The molecule has 0 bridgehead atoms. The van der Waals surface area contributed by atoms with E-state index in [1.54, 1.807) is 4.52 Å². The molecule has 2 aromatic rings. The molecule has 104 valence electrons. The van der Waals surface area contributed by atoms with Gasteiger partial charge in [0.15, 0.2) is 5.65 Å². The standard InChI is InChI=1S/C14H16N4O2/c1-5-11(8-20-4)17-14(19)12-7-15-18-10(3)6-9(2)16-13(12)18/h1,6-7,11H,8H2,2-4H3,(H,17,19)/t11-/m1/s1. The Morgan fingerprint density at radius 3 is 3.00 bits per heavy atom. The normalized spacial score (nSPS) is 12.1. The van der Waals surface area contributed by atoms with Gasteiger partial charge in [-0.2, -0.15) is 5.10 Å². The Balaban J connectivity index is 2.34. The molecule has 0 saturated heterocycles. The molecule has 2 aromatic heterocycles. The summed E-state index contributed by atoms with van der Waals surface area (Å²) in [6.07, 6.45) is 6.83. The Morgan fingerprint density at radius 2 is 2.35 bits per heavy atom. The number of nitrogens with zero attached hydrogens (tertiary/aromatic N) is 3. The predicted octanol–water partition coefficient (Wildman–Crippen LogP) is 0.724. The smallest absolute Gasteiger partial charge is 0.257 e. The molecule has 0 saturated carbocycles. The average molecular weight is 272 g/mol. The molecule has 0 fully saturated rings. The van der Waals surface area contributed by atoms with E-state index in [1.165, 1.54) is 13.3 Å². The van der Waals surface area contributed by atoms with Gasteiger partial charge in [0.05, 0.1) is 12.8 Å². The maximum absolute atomic E-state index is 12.2. The highest BCUT2D eigenvalue weighted by molar-refractivity contribution is 6.00. The van der Waals surface area contributed by atoms with Gasteiger partial charge in [0.1, 0.15) is 11.6 Å². The van der Waals surface area contributed by atoms with Gasteiger partial charge in [0.2, 0.25) is 0 Å². The molecule has 6 heteroatoms. The molecule has 0 aromatic carbocycles. The zero-order chi connectivity index (χ0) is 14.7. The Bertz CT molecular complexity index is 684. The molecule has 0 unspecified atom stereocenters. The maximum atomic E-state index is 12.2. The van der Waals surface area contributed by atoms with Crippen LogP contribution in [0.2, 0.25) is 0 Å². The number of methoxy groups -OCH3 is 1. The van der Waals surface area contributed by atoms with Crippen LogP contribution in [-0.2, 0) is 4.74 Å². The Morgan fingerprint density at radius 1 is 1.60 bits per heavy atom. The van der Waals surface area contributed by atoms with Gasteiger partial charge in [0, 0.05) is 18.5 Å². The highest BCUT2D eigenvalue weighted by Crippen LogP contribution is 2.11. The molecular formula is C14H16N4O2. The van der Waals surface area contributed by atoms with Gasteiger partial charge in [-0.15, -0.1) is 6.42 Å². The number of fused-ring (bicyclic) bond motifs is 1. The summed E-state index contributed by atoms with van der Waals surface area (Å²) in [7, 11) is 1.53. The molecule has 6 nitrogen and oxygen atoms in total. The van der Waals surface area contributed by atoms with Crippen LogP contribution in [0.4, 0.5) is 0 Å². The molecule has 1 atom stereocenters. The first-order valence-electron chi connectivity index (χ1n) is 6.14. The molecule has 0 aliphatic carbocycles. The second-order valence-electron chi connectivity index (χ2n) is 4.48. The van der Waals surface area contributed by atoms with Crippen LogP contribution in [0.1, 0.15) is 21.7 Å². The number of hydrogen-bond donors (Lipinski definition) is 1. The molecule has 2 rings (SSSR count). The van der Waals surface area contributed by atoms with Gasteiger partial charge in [-0.05, 0) is 19.9 Å². The lowest BCUT2D eigenvalue weighted by Crippen LogP contribution is -2.36. The van der Waals surface area contributed by atoms with Crippen LogP contribution in [0.25, 0.3) is 5.65 Å². The number of amides is 1. The monoisotopic (exact) mass is 272 g/mol. The van der Waals surface area contributed by atoms with E-state index in [2.05, 4.69) is 21.3 Å². The van der Waals surface area contributed by atoms with Crippen LogP contribution >= 0.6 is 0 Å². The first kappa shape index (κ1) is 14.0. The summed E-state index contributed by atoms with van der Waals surface area (Å²) < 4.78 is 6.57. The van der Waals surface area contributed by atoms with Crippen molar-refractivity contribution in [1.82, 2.24) is 19.9 Å². The summed E-state index contributed by atoms with van der Waals surface area (Å²) in [5, 5.41) is 6.88. The van der Waals surface area contributed by atoms with Gasteiger partial charge in [-0.1, -0.05) is 5.92 Å². The van der Waals surface area contributed by atoms with E-state index >= 15 is 0 Å². The number of carbonyl (C=O) groups excluding carboxylic acids is 1. The minimum absolute atomic E-state index is 0.257. The van der Waals surface area contributed by atoms with Gasteiger partial charge < -0.3 is 10.1 Å². The average Bonchev–Trinajstić information content (AvgIpc) is 2.82. The topological polar surface area (TPSA) is 68.5 Å². The van der Waals surface area contributed by atoms with E-state index < -0.39 is 6.04 Å². The lowest BCUT2D eigenvalue weighted by molar-refractivity contribution is 0.0920. The van der Waals surface area contributed by atoms with Crippen LogP contribution in [0.15, 0.2) is 12.3 Å². The summed E-state index contributed by atoms with van der Waals surface area (Å²) >= 11 is 0. The molecule has 2 heterocycles. The number of rotatable bonds is 4. The number of carbonyl (C=O) groups is 1. The summed E-state index contributed by atoms with van der Waals surface area (Å²) in [5.74, 6) is 2.15. The van der Waals surface area contributed by atoms with Gasteiger partial charge in [0.25, 0.3) is 5.91 Å². The van der Waals surface area contributed by atoms with Crippen molar-refractivity contribution in [3.8, 4) is 12.3 Å². The third-order valence-corrected chi connectivity index (χ3v) is 2.86. The minimum atomic E-state index is -0.478. The predicted molar refractivity (Wildman–Crippen MR) is 74.4 cm³/mol. The Hall–Kier alpha value is -2.39. The zero-order valence-electron chi connectivity index (χ0n) is 11.7. The van der Waals surface area contributed by atoms with Crippen molar-refractivity contribution in [2.24, 2.45) is 0 Å². The van der Waals surface area contributed by atoms with Gasteiger partial charge in [-0.3, -0.25) is 4.79 Å². The first-order chi connectivity index (χ1) is 9.56. The van der Waals surface area contributed by atoms with E-state index in [1.807, 2.05) is 19.9 Å². The fraction of sp³-hybridized carbons (Fsp3) is 0.357. The van der Waals surface area contributed by atoms with Crippen molar-refractivity contribution < 1.29 is 9.53 Å². The van der Waals surface area contributed by atoms with E-state index in [9.17, 15) is 4.79 Å². The van der Waals surface area contributed by atoms with Crippen LogP contribution in [0.3, 0.4) is 0 Å². The maximum Gasteiger partial charge on any atom is 0.257 e. The van der Waals surface area contributed by atoms with Crippen molar-refractivity contribution in [3.05, 3.63) is 29.2 Å². The van der Waals surface area contributed by atoms with Crippen molar-refractivity contribution in [2.45, 2.75) is 19.9 Å². The van der Waals surface area contributed by atoms with Crippen molar-refractivity contribution >= 4 is 11.6 Å². The Labute approximate surface area is 117 Å². The van der Waals surface area contributed by atoms with Crippen LogP contribution in [0.5, 0.6) is 0 Å². The third kappa shape index (κ3) is 2.63. The lowest BCUT2D eigenvalue weighted by atomic mass is 10.2. The molecule has 0 radical (unpaired) electrons. The molecule has 0 aliphatic rings. The fourth-order valence-electron chi connectivity index (χ4n) is 1.96. The third-order valence-electron chi connectivity index (χ3n) is 2.86. The van der Waals surface area contributed by atoms with E-state index in [0.717, 1.165) is 11.4 Å². The summed E-state index contributed by atoms with van der Waals surface area (Å²) in [4.78, 5) is 16.6. The molecular weight excluding hydrogens is 256 g/mol. The van der Waals surface area contributed by atoms with Crippen molar-refractivity contribution in [1.29, 1.82) is 0 Å². The van der Waals surface area contributed by atoms with Crippen LogP contribution < -0.4 is 5.32 Å². The number of nitrogens with one attached hydrogen (secondary N) is 1. The quantitative estimate of drug-likeness (QED) is 0.833. The van der Waals surface area contributed by atoms with Gasteiger partial charge in [-0.25, -0.2) is 9.50 Å². The van der Waals surface area contributed by atoms with Crippen LogP contribution in [-0.4, -0.2) is 40.3 Å². The van der Waals surface area contributed by atoms with E-state index in [4.69, 9.17) is 11.2 Å². The summed E-state index contributed by atoms with van der Waals surface area (Å²) in [6.45, 7) is 4.04. The van der Waals surface area contributed by atoms with Crippen LogP contribution in [0, 0.1) is 26.2 Å². The summed E-state index contributed by atoms with van der Waals surface area (Å²) in [6, 6.07) is 1.42. The number of terminal acetylenes is 1. The first-order valence-corrected chi connectivity index (χ1v) is 6.14. The largest absolute Gasteiger partial charge is 0.382 e. The molecule has 0 spiro atoms. The molecule has 1 N–H and O–H groups in total. The van der Waals surface area contributed by atoms with E-state index in [-0.39, 0.29) is 12.5 Å². The highest BCUT2D eigenvalue weighted by Gasteiger charge is 2.17. The minimum Gasteiger partial charge on any atom is -0.382 e. The van der Waals surface area contributed by atoms with Crippen molar-refractivity contribution in [3.63, 3.8) is 0 Å². The lowest BCUT2D eigenvalue weighted by Gasteiger charge is -2.11. The molecule has 20 heavy (non-hydrogen) atoms. The summed E-state index contributed by atoms with van der Waals surface area (Å²) in [5.41, 5.74) is 2.66. The number of aryl methyl sites for hydroxylation is 2. The SMILES string of the molecule is C#C[C@H](COC)NC(=O)c1cnn2c(C)cc(C)nc12. The molecule has 0 aliphatic heterocycles. The number of aromatic nitrogens is 3. The van der Waals surface area contributed by atoms with Gasteiger partial charge >= 0.3 is 0 Å².